The highest BCUT2D eigenvalue weighted by atomic mass is 32.1. The highest BCUT2D eigenvalue weighted by Gasteiger charge is 2.06. The molecule has 1 aromatic heterocycles. The van der Waals surface area contributed by atoms with Crippen molar-refractivity contribution >= 4 is 11.3 Å². The number of nitrogens with zero attached hydrogens (tertiary/aromatic N) is 1. The minimum Gasteiger partial charge on any atom is -0.497 e. The fourth-order valence-electron chi connectivity index (χ4n) is 1.39. The molecular formula is C11H10FNO2S. The summed E-state index contributed by atoms with van der Waals surface area (Å²) in [5, 5.41) is 1.68. The average Bonchev–Trinajstić information content (AvgIpc) is 2.68. The quantitative estimate of drug-likeness (QED) is 0.821. The molecule has 0 saturated carbocycles. The molecule has 0 N–H and O–H groups in total. The van der Waals surface area contributed by atoms with Crippen LogP contribution in [0, 0.1) is 5.82 Å². The molecule has 0 aliphatic rings. The summed E-state index contributed by atoms with van der Waals surface area (Å²) in [6.45, 7) is 0.228. The number of benzene rings is 1. The van der Waals surface area contributed by atoms with E-state index in [-0.39, 0.29) is 17.2 Å². The van der Waals surface area contributed by atoms with Gasteiger partial charge in [-0.15, -0.1) is 0 Å². The van der Waals surface area contributed by atoms with Gasteiger partial charge >= 0.3 is 4.87 Å². The molecule has 0 atom stereocenters. The van der Waals surface area contributed by atoms with Gasteiger partial charge in [0.2, 0.25) is 0 Å². The number of ether oxygens (including phenoxy) is 1. The second-order valence-electron chi connectivity index (χ2n) is 3.25. The molecule has 5 heteroatoms. The van der Waals surface area contributed by atoms with E-state index in [1.165, 1.54) is 17.7 Å². The van der Waals surface area contributed by atoms with Crippen LogP contribution in [0.5, 0.6) is 5.75 Å². The van der Waals surface area contributed by atoms with E-state index in [1.54, 1.807) is 23.7 Å². The number of aromatic nitrogens is 1. The Balaban J connectivity index is 2.34. The van der Waals surface area contributed by atoms with E-state index in [4.69, 9.17) is 4.74 Å². The molecule has 0 aliphatic heterocycles. The van der Waals surface area contributed by atoms with Crippen LogP contribution in [0.2, 0.25) is 0 Å². The van der Waals surface area contributed by atoms with E-state index >= 15 is 0 Å². The number of hydrogen-bond donors (Lipinski definition) is 0. The van der Waals surface area contributed by atoms with Crippen LogP contribution >= 0.6 is 11.3 Å². The lowest BCUT2D eigenvalue weighted by Gasteiger charge is -2.06. The zero-order valence-electron chi connectivity index (χ0n) is 8.64. The molecule has 0 aliphatic carbocycles. The Kier molecular flexibility index (Phi) is 3.05. The predicted molar refractivity (Wildman–Crippen MR) is 60.6 cm³/mol. The number of halogens is 1. The van der Waals surface area contributed by atoms with Crippen molar-refractivity contribution in [2.75, 3.05) is 7.11 Å². The summed E-state index contributed by atoms with van der Waals surface area (Å²) in [7, 11) is 1.52. The fraction of sp³-hybridized carbons (Fsp3) is 0.182. The molecule has 0 radical (unpaired) electrons. The van der Waals surface area contributed by atoms with Crippen molar-refractivity contribution in [1.82, 2.24) is 4.57 Å². The summed E-state index contributed by atoms with van der Waals surface area (Å²) in [6.07, 6.45) is 1.64. The maximum absolute atomic E-state index is 13.5. The van der Waals surface area contributed by atoms with E-state index in [9.17, 15) is 9.18 Å². The van der Waals surface area contributed by atoms with E-state index in [2.05, 4.69) is 0 Å². The predicted octanol–water partition coefficient (Wildman–Crippen LogP) is 2.11. The van der Waals surface area contributed by atoms with Crippen LogP contribution in [0.15, 0.2) is 34.6 Å². The summed E-state index contributed by atoms with van der Waals surface area (Å²) >= 11 is 1.09. The Labute approximate surface area is 95.7 Å². The number of rotatable bonds is 3. The van der Waals surface area contributed by atoms with Gasteiger partial charge in [-0.25, -0.2) is 4.39 Å². The van der Waals surface area contributed by atoms with Crippen molar-refractivity contribution in [3.05, 3.63) is 50.8 Å². The van der Waals surface area contributed by atoms with Gasteiger partial charge in [-0.1, -0.05) is 11.3 Å². The maximum atomic E-state index is 13.5. The first-order valence-electron chi connectivity index (χ1n) is 4.67. The van der Waals surface area contributed by atoms with Gasteiger partial charge in [-0.05, 0) is 18.2 Å². The van der Waals surface area contributed by atoms with Gasteiger partial charge in [0, 0.05) is 17.1 Å². The summed E-state index contributed by atoms with van der Waals surface area (Å²) < 4.78 is 19.9. The Morgan fingerprint density at radius 3 is 2.94 bits per heavy atom. The first kappa shape index (κ1) is 10.9. The molecule has 3 nitrogen and oxygen atoms in total. The van der Waals surface area contributed by atoms with Crippen LogP contribution in [0.1, 0.15) is 5.56 Å². The van der Waals surface area contributed by atoms with Gasteiger partial charge in [-0.3, -0.25) is 4.79 Å². The van der Waals surface area contributed by atoms with Crippen molar-refractivity contribution < 1.29 is 9.13 Å². The number of methoxy groups -OCH3 is 1. The third-order valence-corrected chi connectivity index (χ3v) is 2.93. The van der Waals surface area contributed by atoms with Crippen LogP contribution in [0.4, 0.5) is 4.39 Å². The van der Waals surface area contributed by atoms with Crippen LogP contribution in [0.25, 0.3) is 0 Å². The van der Waals surface area contributed by atoms with Gasteiger partial charge in [0.15, 0.2) is 0 Å². The molecule has 2 rings (SSSR count). The summed E-state index contributed by atoms with van der Waals surface area (Å²) in [4.78, 5) is 11.2. The molecule has 84 valence electrons. The topological polar surface area (TPSA) is 31.2 Å². The first-order chi connectivity index (χ1) is 7.70. The van der Waals surface area contributed by atoms with Gasteiger partial charge in [0.05, 0.1) is 13.7 Å². The Bertz CT molecular complexity index is 547. The smallest absolute Gasteiger partial charge is 0.307 e. The molecule has 16 heavy (non-hydrogen) atoms. The van der Waals surface area contributed by atoms with Crippen molar-refractivity contribution in [3.63, 3.8) is 0 Å². The van der Waals surface area contributed by atoms with Gasteiger partial charge in [0.1, 0.15) is 11.6 Å². The van der Waals surface area contributed by atoms with Crippen molar-refractivity contribution in [3.8, 4) is 5.75 Å². The Hall–Kier alpha value is -1.62. The van der Waals surface area contributed by atoms with Crippen molar-refractivity contribution in [2.24, 2.45) is 0 Å². The molecular weight excluding hydrogens is 229 g/mol. The van der Waals surface area contributed by atoms with Crippen molar-refractivity contribution in [1.29, 1.82) is 0 Å². The maximum Gasteiger partial charge on any atom is 0.307 e. The second kappa shape index (κ2) is 4.49. The van der Waals surface area contributed by atoms with E-state index < -0.39 is 0 Å². The molecule has 1 aromatic carbocycles. The minimum absolute atomic E-state index is 0.0952. The van der Waals surface area contributed by atoms with Gasteiger partial charge < -0.3 is 9.30 Å². The number of hydrogen-bond acceptors (Lipinski definition) is 3. The molecule has 0 spiro atoms. The lowest BCUT2D eigenvalue weighted by atomic mass is 10.2. The average molecular weight is 239 g/mol. The molecule has 0 unspecified atom stereocenters. The van der Waals surface area contributed by atoms with E-state index in [1.807, 2.05) is 0 Å². The SMILES string of the molecule is COc1ccc(F)c(Cn2ccsc2=O)c1. The van der Waals surface area contributed by atoms with Gasteiger partial charge in [-0.2, -0.15) is 0 Å². The monoisotopic (exact) mass is 239 g/mol. The molecule has 0 amide bonds. The number of thiazole rings is 1. The summed E-state index contributed by atoms with van der Waals surface area (Å²) in [5.74, 6) is 0.249. The van der Waals surface area contributed by atoms with Crippen LogP contribution in [0.3, 0.4) is 0 Å². The normalized spacial score (nSPS) is 10.4. The van der Waals surface area contributed by atoms with Gasteiger partial charge in [0.25, 0.3) is 0 Å². The summed E-state index contributed by atoms with van der Waals surface area (Å²) in [6, 6.07) is 4.49. The van der Waals surface area contributed by atoms with Crippen LogP contribution < -0.4 is 9.61 Å². The molecule has 0 saturated heterocycles. The molecule has 0 bridgehead atoms. The second-order valence-corrected chi connectivity index (χ2v) is 4.11. The highest BCUT2D eigenvalue weighted by Crippen LogP contribution is 2.17. The Morgan fingerprint density at radius 1 is 1.50 bits per heavy atom. The zero-order valence-corrected chi connectivity index (χ0v) is 9.46. The molecule has 2 aromatic rings. The standard InChI is InChI=1S/C11H10FNO2S/c1-15-9-2-3-10(12)8(6-9)7-13-4-5-16-11(13)14/h2-6H,7H2,1H3. The molecule has 0 fully saturated rings. The first-order valence-corrected chi connectivity index (χ1v) is 5.55. The third kappa shape index (κ3) is 2.14. The molecule has 1 heterocycles. The van der Waals surface area contributed by atoms with Crippen LogP contribution in [-0.4, -0.2) is 11.7 Å². The fourth-order valence-corrected chi connectivity index (χ4v) is 1.98. The lowest BCUT2D eigenvalue weighted by molar-refractivity contribution is 0.412. The largest absolute Gasteiger partial charge is 0.497 e. The van der Waals surface area contributed by atoms with E-state index in [0.717, 1.165) is 11.3 Å². The van der Waals surface area contributed by atoms with Crippen molar-refractivity contribution in [2.45, 2.75) is 6.54 Å². The highest BCUT2D eigenvalue weighted by molar-refractivity contribution is 7.07. The zero-order chi connectivity index (χ0) is 11.5. The minimum atomic E-state index is -0.334. The third-order valence-electron chi connectivity index (χ3n) is 2.24. The lowest BCUT2D eigenvalue weighted by Crippen LogP contribution is -2.13. The Morgan fingerprint density at radius 2 is 2.31 bits per heavy atom. The summed E-state index contributed by atoms with van der Waals surface area (Å²) in [5.41, 5.74) is 0.444. The van der Waals surface area contributed by atoms with Crippen LogP contribution in [-0.2, 0) is 6.54 Å². The van der Waals surface area contributed by atoms with E-state index in [0.29, 0.717) is 11.3 Å².